The average molecular weight is 346 g/mol. The molecule has 0 bridgehead atoms. The van der Waals surface area contributed by atoms with E-state index >= 15 is 0 Å². The van der Waals surface area contributed by atoms with Gasteiger partial charge in [0.25, 0.3) is 0 Å². The van der Waals surface area contributed by atoms with Gasteiger partial charge in [0.1, 0.15) is 0 Å². The Labute approximate surface area is 132 Å². The number of para-hydroxylation sites is 1. The van der Waals surface area contributed by atoms with Gasteiger partial charge in [-0.15, -0.1) is 0 Å². The molecule has 1 amide bonds. The minimum atomic E-state index is -0.416. The molecule has 0 aliphatic carbocycles. The van der Waals surface area contributed by atoms with Crippen LogP contribution in [0.1, 0.15) is 15.9 Å². The van der Waals surface area contributed by atoms with Crippen molar-refractivity contribution < 1.29 is 4.79 Å². The fourth-order valence-corrected chi connectivity index (χ4v) is 3.18. The normalized spacial score (nSPS) is 14.4. The summed E-state index contributed by atoms with van der Waals surface area (Å²) in [5.74, 6) is -0.416. The van der Waals surface area contributed by atoms with E-state index in [0.29, 0.717) is 5.56 Å². The first-order valence-corrected chi connectivity index (χ1v) is 7.61. The number of primary amides is 1. The van der Waals surface area contributed by atoms with Gasteiger partial charge >= 0.3 is 0 Å². The highest BCUT2D eigenvalue weighted by Crippen LogP contribution is 2.35. The highest BCUT2D eigenvalue weighted by Gasteiger charge is 2.18. The lowest BCUT2D eigenvalue weighted by Gasteiger charge is -2.26. The molecule has 1 aliphatic rings. The number of nitrogens with one attached hydrogen (secondary N) is 1. The molecule has 108 valence electrons. The van der Waals surface area contributed by atoms with Crippen molar-refractivity contribution in [1.29, 1.82) is 0 Å². The first kappa shape index (κ1) is 14.1. The number of carbonyl (C=O) groups is 1. The number of nitrogens with zero attached hydrogens (tertiary/aromatic N) is 1. The van der Waals surface area contributed by atoms with E-state index in [-0.39, 0.29) is 0 Å². The van der Waals surface area contributed by atoms with E-state index in [2.05, 4.69) is 44.3 Å². The van der Waals surface area contributed by atoms with Crippen LogP contribution < -0.4 is 16.0 Å². The van der Waals surface area contributed by atoms with E-state index in [0.717, 1.165) is 29.8 Å². The molecule has 0 radical (unpaired) electrons. The minimum absolute atomic E-state index is 0.416. The lowest BCUT2D eigenvalue weighted by Crippen LogP contribution is -2.25. The molecule has 0 saturated carbocycles. The van der Waals surface area contributed by atoms with Crippen LogP contribution in [-0.2, 0) is 6.54 Å². The average Bonchev–Trinajstić information content (AvgIpc) is 2.69. The fourth-order valence-electron chi connectivity index (χ4n) is 2.59. The minimum Gasteiger partial charge on any atom is -0.366 e. The highest BCUT2D eigenvalue weighted by molar-refractivity contribution is 9.10. The van der Waals surface area contributed by atoms with E-state index in [1.165, 1.54) is 11.3 Å². The summed E-state index contributed by atoms with van der Waals surface area (Å²) in [4.78, 5) is 13.5. The number of fused-ring (bicyclic) bond motifs is 1. The van der Waals surface area contributed by atoms with Gasteiger partial charge < -0.3 is 16.0 Å². The Morgan fingerprint density at radius 2 is 2.00 bits per heavy atom. The van der Waals surface area contributed by atoms with Gasteiger partial charge in [-0.3, -0.25) is 4.79 Å². The summed E-state index contributed by atoms with van der Waals surface area (Å²) < 4.78 is 0.871. The van der Waals surface area contributed by atoms with Crippen molar-refractivity contribution in [3.8, 4) is 0 Å². The van der Waals surface area contributed by atoms with Crippen molar-refractivity contribution in [2.24, 2.45) is 5.73 Å². The van der Waals surface area contributed by atoms with E-state index < -0.39 is 5.91 Å². The van der Waals surface area contributed by atoms with Crippen LogP contribution in [0.3, 0.4) is 0 Å². The van der Waals surface area contributed by atoms with Crippen molar-refractivity contribution in [3.63, 3.8) is 0 Å². The Kier molecular flexibility index (Phi) is 3.94. The highest BCUT2D eigenvalue weighted by atomic mass is 79.9. The van der Waals surface area contributed by atoms with Crippen molar-refractivity contribution in [1.82, 2.24) is 5.32 Å². The molecular formula is C16H16BrN3O. The number of anilines is 2. The largest absolute Gasteiger partial charge is 0.366 e. The molecule has 5 heteroatoms. The van der Waals surface area contributed by atoms with Crippen LogP contribution in [-0.4, -0.2) is 19.0 Å². The third-order valence-corrected chi connectivity index (χ3v) is 4.27. The molecule has 1 aliphatic heterocycles. The molecule has 3 N–H and O–H groups in total. The molecule has 2 aromatic rings. The van der Waals surface area contributed by atoms with Gasteiger partial charge in [0.15, 0.2) is 0 Å². The molecular weight excluding hydrogens is 330 g/mol. The van der Waals surface area contributed by atoms with Crippen LogP contribution in [0.4, 0.5) is 11.4 Å². The maximum atomic E-state index is 11.3. The zero-order valence-corrected chi connectivity index (χ0v) is 13.1. The lowest BCUT2D eigenvalue weighted by atomic mass is 10.1. The number of carbonyl (C=O) groups excluding carboxylic acids is 1. The number of benzene rings is 2. The predicted molar refractivity (Wildman–Crippen MR) is 87.8 cm³/mol. The zero-order valence-electron chi connectivity index (χ0n) is 11.5. The number of halogens is 1. The molecule has 1 heterocycles. The molecule has 0 saturated heterocycles. The second-order valence-electron chi connectivity index (χ2n) is 4.99. The Hall–Kier alpha value is -1.85. The molecule has 0 spiro atoms. The summed E-state index contributed by atoms with van der Waals surface area (Å²) in [6, 6.07) is 13.8. The monoisotopic (exact) mass is 345 g/mol. The summed E-state index contributed by atoms with van der Waals surface area (Å²) >= 11 is 3.56. The fraction of sp³-hybridized carbons (Fsp3) is 0.188. The number of hydrogen-bond donors (Lipinski definition) is 2. The first-order valence-electron chi connectivity index (χ1n) is 6.82. The van der Waals surface area contributed by atoms with E-state index in [1.54, 1.807) is 12.1 Å². The maximum Gasteiger partial charge on any atom is 0.248 e. The Morgan fingerprint density at radius 3 is 2.76 bits per heavy atom. The topological polar surface area (TPSA) is 58.4 Å². The van der Waals surface area contributed by atoms with Gasteiger partial charge in [-0.05, 0) is 45.8 Å². The summed E-state index contributed by atoms with van der Waals surface area (Å²) in [6.07, 6.45) is 0. The smallest absolute Gasteiger partial charge is 0.248 e. The number of nitrogens with two attached hydrogens (primary N) is 1. The molecule has 0 atom stereocenters. The molecule has 2 aromatic carbocycles. The number of amides is 1. The number of rotatable bonds is 2. The van der Waals surface area contributed by atoms with Crippen LogP contribution >= 0.6 is 15.9 Å². The van der Waals surface area contributed by atoms with Crippen LogP contribution in [0.15, 0.2) is 46.9 Å². The van der Waals surface area contributed by atoms with Crippen molar-refractivity contribution in [2.75, 3.05) is 18.0 Å². The summed E-state index contributed by atoms with van der Waals surface area (Å²) in [5.41, 5.74) is 9.33. The Balaban J connectivity index is 2.06. The second-order valence-corrected chi connectivity index (χ2v) is 5.84. The Bertz CT molecular complexity index is 687. The third-order valence-electron chi connectivity index (χ3n) is 3.63. The Morgan fingerprint density at radius 1 is 1.19 bits per heavy atom. The van der Waals surface area contributed by atoms with Gasteiger partial charge in [-0.2, -0.15) is 0 Å². The van der Waals surface area contributed by atoms with E-state index in [4.69, 9.17) is 5.73 Å². The molecule has 0 unspecified atom stereocenters. The number of hydrogen-bond acceptors (Lipinski definition) is 3. The zero-order chi connectivity index (χ0) is 14.8. The van der Waals surface area contributed by atoms with Crippen LogP contribution in [0.25, 0.3) is 0 Å². The van der Waals surface area contributed by atoms with Gasteiger partial charge in [0, 0.05) is 35.4 Å². The molecule has 4 nitrogen and oxygen atoms in total. The van der Waals surface area contributed by atoms with Crippen molar-refractivity contribution in [2.45, 2.75) is 6.54 Å². The van der Waals surface area contributed by atoms with Gasteiger partial charge in [-0.1, -0.05) is 18.2 Å². The van der Waals surface area contributed by atoms with E-state index in [9.17, 15) is 4.79 Å². The van der Waals surface area contributed by atoms with E-state index in [1.807, 2.05) is 12.1 Å². The van der Waals surface area contributed by atoms with Crippen LogP contribution in [0, 0.1) is 0 Å². The maximum absolute atomic E-state index is 11.3. The van der Waals surface area contributed by atoms with Gasteiger partial charge in [0.05, 0.1) is 5.69 Å². The summed E-state index contributed by atoms with van der Waals surface area (Å²) in [6.45, 7) is 2.63. The van der Waals surface area contributed by atoms with Gasteiger partial charge in [-0.25, -0.2) is 0 Å². The molecule has 21 heavy (non-hydrogen) atoms. The standard InChI is InChI=1S/C16H16BrN3O/c17-13-9-11(16(18)21)5-6-15(13)20-8-7-19-10-12-3-1-2-4-14(12)20/h1-6,9,19H,7-8,10H2,(H2,18,21). The summed E-state index contributed by atoms with van der Waals surface area (Å²) in [7, 11) is 0. The molecule has 3 rings (SSSR count). The summed E-state index contributed by atoms with van der Waals surface area (Å²) in [5, 5.41) is 3.42. The van der Waals surface area contributed by atoms with Crippen molar-refractivity contribution in [3.05, 3.63) is 58.1 Å². The van der Waals surface area contributed by atoms with Crippen molar-refractivity contribution >= 4 is 33.2 Å². The first-order chi connectivity index (χ1) is 10.2. The predicted octanol–water partition coefficient (Wildman–Crippen LogP) is 2.79. The van der Waals surface area contributed by atoms with Crippen LogP contribution in [0.2, 0.25) is 0 Å². The van der Waals surface area contributed by atoms with Crippen LogP contribution in [0.5, 0.6) is 0 Å². The molecule has 0 fully saturated rings. The second kappa shape index (κ2) is 5.87. The van der Waals surface area contributed by atoms with Gasteiger partial charge in [0.2, 0.25) is 5.91 Å². The SMILES string of the molecule is NC(=O)c1ccc(N2CCNCc3ccccc32)c(Br)c1. The lowest BCUT2D eigenvalue weighted by molar-refractivity contribution is 0.100. The quantitative estimate of drug-likeness (QED) is 0.879. The third kappa shape index (κ3) is 2.80. The molecule has 0 aromatic heterocycles.